The Labute approximate surface area is 148 Å². The van der Waals surface area contributed by atoms with Crippen molar-refractivity contribution in [3.05, 3.63) is 24.3 Å². The van der Waals surface area contributed by atoms with Crippen LogP contribution in [-0.2, 0) is 4.79 Å². The first kappa shape index (κ1) is 18.8. The molecular formula is C19H27NO3S. The van der Waals surface area contributed by atoms with Crippen LogP contribution in [0.3, 0.4) is 0 Å². The maximum absolute atomic E-state index is 13.1. The van der Waals surface area contributed by atoms with Gasteiger partial charge in [-0.2, -0.15) is 0 Å². The smallest absolute Gasteiger partial charge is 0.369 e. The summed E-state index contributed by atoms with van der Waals surface area (Å²) in [5.41, 5.74) is 0.737. The minimum Gasteiger partial charge on any atom is -0.473 e. The monoisotopic (exact) mass is 349 g/mol. The van der Waals surface area contributed by atoms with E-state index in [9.17, 15) is 9.59 Å². The van der Waals surface area contributed by atoms with E-state index in [0.29, 0.717) is 17.4 Å². The van der Waals surface area contributed by atoms with Crippen LogP contribution in [0.2, 0.25) is 0 Å². The molecule has 0 aromatic heterocycles. The fraction of sp³-hybridized carbons (Fsp3) is 0.579. The van der Waals surface area contributed by atoms with Crippen LogP contribution in [0.25, 0.3) is 0 Å². The summed E-state index contributed by atoms with van der Waals surface area (Å²) in [7, 11) is 0. The van der Waals surface area contributed by atoms with Crippen LogP contribution in [0.15, 0.2) is 29.2 Å². The molecule has 5 heteroatoms. The van der Waals surface area contributed by atoms with Crippen LogP contribution in [-0.4, -0.2) is 22.9 Å². The van der Waals surface area contributed by atoms with Crippen molar-refractivity contribution in [2.75, 3.05) is 11.4 Å². The van der Waals surface area contributed by atoms with Gasteiger partial charge in [0.1, 0.15) is 0 Å². The van der Waals surface area contributed by atoms with Crippen LogP contribution < -0.4 is 4.90 Å². The van der Waals surface area contributed by atoms with Gasteiger partial charge in [0.05, 0.1) is 5.69 Å². The first-order chi connectivity index (χ1) is 11.5. The lowest BCUT2D eigenvalue weighted by Crippen LogP contribution is -2.38. The highest BCUT2D eigenvalue weighted by Crippen LogP contribution is 2.34. The Kier molecular flexibility index (Phi) is 7.16. The molecule has 2 rings (SSSR count). The molecular weight excluding hydrogens is 322 g/mol. The average Bonchev–Trinajstić information content (AvgIpc) is 2.56. The number of anilines is 1. The molecule has 24 heavy (non-hydrogen) atoms. The van der Waals surface area contributed by atoms with E-state index in [0.717, 1.165) is 49.6 Å². The summed E-state index contributed by atoms with van der Waals surface area (Å²) >= 11 is 0.774. The number of carbonyl (C=O) groups excluding carboxylic acids is 1. The molecule has 0 radical (unpaired) electrons. The number of thioether (sulfide) groups is 1. The van der Waals surface area contributed by atoms with Crippen LogP contribution >= 0.6 is 11.8 Å². The Morgan fingerprint density at radius 2 is 1.88 bits per heavy atom. The lowest BCUT2D eigenvalue weighted by Gasteiger charge is -2.31. The number of carboxylic acid groups (broad SMARTS) is 1. The summed E-state index contributed by atoms with van der Waals surface area (Å²) in [5, 5.41) is 8.19. The molecule has 1 aliphatic carbocycles. The molecule has 1 fully saturated rings. The van der Waals surface area contributed by atoms with E-state index in [2.05, 4.69) is 13.8 Å². The minimum absolute atomic E-state index is 0.0776. The molecule has 0 bridgehead atoms. The number of hydrogen-bond donors (Lipinski definition) is 1. The zero-order valence-electron chi connectivity index (χ0n) is 14.5. The third-order valence-corrected chi connectivity index (χ3v) is 5.24. The van der Waals surface area contributed by atoms with E-state index in [1.807, 2.05) is 23.1 Å². The van der Waals surface area contributed by atoms with E-state index in [-0.39, 0.29) is 11.8 Å². The van der Waals surface area contributed by atoms with Crippen LogP contribution in [0.1, 0.15) is 52.4 Å². The second-order valence-corrected chi connectivity index (χ2v) is 7.84. The van der Waals surface area contributed by atoms with Crippen molar-refractivity contribution in [2.24, 2.45) is 11.8 Å². The molecule has 1 saturated carbocycles. The van der Waals surface area contributed by atoms with Gasteiger partial charge in [-0.05, 0) is 49.1 Å². The van der Waals surface area contributed by atoms with E-state index < -0.39 is 5.30 Å². The van der Waals surface area contributed by atoms with Gasteiger partial charge >= 0.3 is 5.30 Å². The van der Waals surface area contributed by atoms with E-state index >= 15 is 0 Å². The summed E-state index contributed by atoms with van der Waals surface area (Å²) in [4.78, 5) is 26.7. The van der Waals surface area contributed by atoms with Gasteiger partial charge in [0.25, 0.3) is 0 Å². The molecule has 1 aliphatic rings. The lowest BCUT2D eigenvalue weighted by molar-refractivity contribution is -0.123. The summed E-state index contributed by atoms with van der Waals surface area (Å²) < 4.78 is 0. The molecule has 1 N–H and O–H groups in total. The van der Waals surface area contributed by atoms with Gasteiger partial charge < -0.3 is 10.0 Å². The SMILES string of the molecule is CC(C)CCN(C(=O)C1CCCCC1)c1ccccc1SC(=O)O. The zero-order valence-corrected chi connectivity index (χ0v) is 15.3. The van der Waals surface area contributed by atoms with Gasteiger partial charge in [0.15, 0.2) is 0 Å². The number of benzene rings is 1. The predicted octanol–water partition coefficient (Wildman–Crippen LogP) is 5.42. The minimum atomic E-state index is -0.948. The van der Waals surface area contributed by atoms with Crippen molar-refractivity contribution in [1.82, 2.24) is 0 Å². The van der Waals surface area contributed by atoms with Gasteiger partial charge in [-0.15, -0.1) is 0 Å². The van der Waals surface area contributed by atoms with Crippen molar-refractivity contribution >= 4 is 28.7 Å². The summed E-state index contributed by atoms with van der Waals surface area (Å²) in [6, 6.07) is 7.34. The molecule has 0 atom stereocenters. The Hall–Kier alpha value is -1.49. The van der Waals surface area contributed by atoms with Crippen molar-refractivity contribution in [1.29, 1.82) is 0 Å². The van der Waals surface area contributed by atoms with Gasteiger partial charge in [-0.3, -0.25) is 4.79 Å². The largest absolute Gasteiger partial charge is 0.473 e. The maximum atomic E-state index is 13.1. The normalized spacial score (nSPS) is 15.5. The van der Waals surface area contributed by atoms with Crippen LogP contribution in [0, 0.1) is 11.8 Å². The van der Waals surface area contributed by atoms with Crippen molar-refractivity contribution in [3.8, 4) is 0 Å². The number of hydrogen-bond acceptors (Lipinski definition) is 3. The number of rotatable bonds is 6. The van der Waals surface area contributed by atoms with E-state index in [1.165, 1.54) is 6.42 Å². The second-order valence-electron chi connectivity index (χ2n) is 6.84. The number of carbonyl (C=O) groups is 2. The molecule has 0 aliphatic heterocycles. The highest BCUT2D eigenvalue weighted by molar-refractivity contribution is 8.13. The molecule has 1 aromatic carbocycles. The predicted molar refractivity (Wildman–Crippen MR) is 98.7 cm³/mol. The second kappa shape index (κ2) is 9.11. The maximum Gasteiger partial charge on any atom is 0.369 e. The Balaban J connectivity index is 2.28. The van der Waals surface area contributed by atoms with E-state index in [1.54, 1.807) is 6.07 Å². The Morgan fingerprint density at radius 1 is 1.21 bits per heavy atom. The molecule has 1 amide bonds. The number of amides is 1. The van der Waals surface area contributed by atoms with Gasteiger partial charge in [-0.1, -0.05) is 45.2 Å². The summed E-state index contributed by atoms with van der Waals surface area (Å²) in [6.07, 6.45) is 6.24. The number of nitrogens with zero attached hydrogens (tertiary/aromatic N) is 1. The highest BCUT2D eigenvalue weighted by Gasteiger charge is 2.28. The molecule has 0 saturated heterocycles. The molecule has 1 aromatic rings. The summed E-state index contributed by atoms with van der Waals surface area (Å²) in [6.45, 7) is 4.92. The van der Waals surface area contributed by atoms with E-state index in [4.69, 9.17) is 5.11 Å². The first-order valence-corrected chi connectivity index (χ1v) is 9.62. The summed E-state index contributed by atoms with van der Waals surface area (Å²) in [5.74, 6) is 0.730. The third kappa shape index (κ3) is 5.26. The molecule has 0 spiro atoms. The van der Waals surface area contributed by atoms with Gasteiger partial charge in [0.2, 0.25) is 5.91 Å². The van der Waals surface area contributed by atoms with Crippen molar-refractivity contribution in [2.45, 2.75) is 57.3 Å². The molecule has 132 valence electrons. The molecule has 0 heterocycles. The molecule has 0 unspecified atom stereocenters. The quantitative estimate of drug-likeness (QED) is 0.697. The van der Waals surface area contributed by atoms with Gasteiger partial charge in [-0.25, -0.2) is 4.79 Å². The first-order valence-electron chi connectivity index (χ1n) is 8.80. The van der Waals surface area contributed by atoms with Crippen molar-refractivity contribution in [3.63, 3.8) is 0 Å². The highest BCUT2D eigenvalue weighted by atomic mass is 32.2. The fourth-order valence-corrected chi connectivity index (χ4v) is 3.78. The topological polar surface area (TPSA) is 57.6 Å². The Morgan fingerprint density at radius 3 is 2.50 bits per heavy atom. The zero-order chi connectivity index (χ0) is 17.5. The lowest BCUT2D eigenvalue weighted by atomic mass is 9.88. The Bertz CT molecular complexity index is 567. The third-order valence-electron chi connectivity index (χ3n) is 4.50. The van der Waals surface area contributed by atoms with Crippen LogP contribution in [0.4, 0.5) is 10.5 Å². The fourth-order valence-electron chi connectivity index (χ4n) is 3.17. The number of para-hydroxylation sites is 1. The van der Waals surface area contributed by atoms with Gasteiger partial charge in [0, 0.05) is 17.4 Å². The van der Waals surface area contributed by atoms with Crippen molar-refractivity contribution < 1.29 is 14.7 Å². The standard InChI is InChI=1S/C19H27NO3S/c1-14(2)12-13-20(18(21)15-8-4-3-5-9-15)16-10-6-7-11-17(16)24-19(22)23/h6-7,10-11,14-15H,3-5,8-9,12-13H2,1-2H3,(H,22,23). The molecule has 4 nitrogen and oxygen atoms in total. The van der Waals surface area contributed by atoms with Crippen LogP contribution in [0.5, 0.6) is 0 Å². The average molecular weight is 349 g/mol.